The van der Waals surface area contributed by atoms with Crippen LogP contribution < -0.4 is 5.56 Å². The Bertz CT molecular complexity index is 327. The molecule has 1 rings (SSSR count). The number of nitrogens with zero attached hydrogens (tertiary/aromatic N) is 1. The fourth-order valence-electron chi connectivity index (χ4n) is 1.22. The Morgan fingerprint density at radius 2 is 2.15 bits per heavy atom. The molecule has 0 fully saturated rings. The summed E-state index contributed by atoms with van der Waals surface area (Å²) in [6, 6.07) is 0. The number of aromatic amines is 1. The molecule has 0 aromatic carbocycles. The average molecular weight is 247 g/mol. The summed E-state index contributed by atoms with van der Waals surface area (Å²) in [5.41, 5.74) is 1.05. The molecule has 1 aromatic rings. The van der Waals surface area contributed by atoms with Gasteiger partial charge in [0.1, 0.15) is 4.47 Å². The van der Waals surface area contributed by atoms with Crippen LogP contribution in [0.25, 0.3) is 0 Å². The van der Waals surface area contributed by atoms with Gasteiger partial charge in [0, 0.05) is 6.54 Å². The second-order valence-corrected chi connectivity index (χ2v) is 3.86. The number of unbranched alkanes of at least 4 members (excludes halogenated alkanes) is 1. The summed E-state index contributed by atoms with van der Waals surface area (Å²) in [6.07, 6.45) is 3.00. The summed E-state index contributed by atoms with van der Waals surface area (Å²) in [5, 5.41) is 3.09. The Hall–Kier alpha value is -0.510. The lowest BCUT2D eigenvalue weighted by Crippen LogP contribution is -2.16. The first-order chi connectivity index (χ1) is 6.20. The van der Waals surface area contributed by atoms with Crippen molar-refractivity contribution >= 4 is 15.9 Å². The minimum atomic E-state index is 0.0605. The molecule has 4 heteroatoms. The van der Waals surface area contributed by atoms with E-state index in [1.54, 1.807) is 4.68 Å². The van der Waals surface area contributed by atoms with Gasteiger partial charge in [-0.25, -0.2) is 0 Å². The summed E-state index contributed by atoms with van der Waals surface area (Å²) < 4.78 is 2.36. The second-order valence-electron chi connectivity index (χ2n) is 3.07. The van der Waals surface area contributed by atoms with Gasteiger partial charge in [-0.05, 0) is 28.8 Å². The van der Waals surface area contributed by atoms with E-state index in [9.17, 15) is 4.79 Å². The Kier molecular flexibility index (Phi) is 3.78. The third kappa shape index (κ3) is 2.24. The van der Waals surface area contributed by atoms with Crippen molar-refractivity contribution < 1.29 is 0 Å². The first-order valence-corrected chi connectivity index (χ1v) is 5.47. The molecule has 0 amide bonds. The van der Waals surface area contributed by atoms with E-state index >= 15 is 0 Å². The van der Waals surface area contributed by atoms with E-state index in [1.165, 1.54) is 0 Å². The SMILES string of the molecule is CCCCn1[nH]c(CC)c(Br)c1=O. The summed E-state index contributed by atoms with van der Waals surface area (Å²) in [7, 11) is 0. The van der Waals surface area contributed by atoms with E-state index in [1.807, 2.05) is 6.92 Å². The number of aromatic nitrogens is 2. The molecule has 74 valence electrons. The van der Waals surface area contributed by atoms with Crippen molar-refractivity contribution in [3.63, 3.8) is 0 Å². The van der Waals surface area contributed by atoms with Crippen LogP contribution >= 0.6 is 15.9 Å². The van der Waals surface area contributed by atoms with Crippen molar-refractivity contribution in [2.45, 2.75) is 39.7 Å². The molecule has 0 bridgehead atoms. The van der Waals surface area contributed by atoms with Crippen LogP contribution in [-0.4, -0.2) is 9.78 Å². The summed E-state index contributed by atoms with van der Waals surface area (Å²) in [6.45, 7) is 4.93. The van der Waals surface area contributed by atoms with Gasteiger partial charge in [-0.3, -0.25) is 14.6 Å². The first-order valence-electron chi connectivity index (χ1n) is 4.67. The van der Waals surface area contributed by atoms with Gasteiger partial charge in [0.25, 0.3) is 5.56 Å². The monoisotopic (exact) mass is 246 g/mol. The maximum atomic E-state index is 11.5. The second kappa shape index (κ2) is 4.65. The van der Waals surface area contributed by atoms with Gasteiger partial charge in [0.15, 0.2) is 0 Å². The van der Waals surface area contributed by atoms with Gasteiger partial charge < -0.3 is 0 Å². The highest BCUT2D eigenvalue weighted by Crippen LogP contribution is 2.09. The lowest BCUT2D eigenvalue weighted by molar-refractivity contribution is 0.552. The molecule has 0 radical (unpaired) electrons. The molecule has 1 aromatic heterocycles. The molecule has 0 aliphatic heterocycles. The third-order valence-corrected chi connectivity index (χ3v) is 2.87. The zero-order valence-corrected chi connectivity index (χ0v) is 9.65. The zero-order chi connectivity index (χ0) is 9.84. The van der Waals surface area contributed by atoms with Crippen LogP contribution in [0.5, 0.6) is 0 Å². The van der Waals surface area contributed by atoms with Crippen LogP contribution in [-0.2, 0) is 13.0 Å². The van der Waals surface area contributed by atoms with Gasteiger partial charge in [-0.2, -0.15) is 0 Å². The van der Waals surface area contributed by atoms with E-state index in [0.29, 0.717) is 4.47 Å². The number of aryl methyl sites for hydroxylation is 2. The number of nitrogens with one attached hydrogen (secondary N) is 1. The molecule has 0 saturated heterocycles. The molecule has 0 spiro atoms. The van der Waals surface area contributed by atoms with E-state index in [-0.39, 0.29) is 5.56 Å². The Morgan fingerprint density at radius 3 is 2.62 bits per heavy atom. The topological polar surface area (TPSA) is 37.8 Å². The Labute approximate surface area is 86.3 Å². The molecular weight excluding hydrogens is 232 g/mol. The predicted octanol–water partition coefficient (Wildman–Crippen LogP) is 2.30. The zero-order valence-electron chi connectivity index (χ0n) is 8.06. The molecule has 0 atom stereocenters. The first kappa shape index (κ1) is 10.6. The molecule has 1 N–H and O–H groups in total. The molecule has 13 heavy (non-hydrogen) atoms. The van der Waals surface area contributed by atoms with Crippen LogP contribution in [0.3, 0.4) is 0 Å². The number of H-pyrrole nitrogens is 1. The lowest BCUT2D eigenvalue weighted by Gasteiger charge is -1.98. The molecule has 3 nitrogen and oxygen atoms in total. The summed E-state index contributed by atoms with van der Waals surface area (Å²) in [4.78, 5) is 11.5. The maximum absolute atomic E-state index is 11.5. The highest BCUT2D eigenvalue weighted by atomic mass is 79.9. The van der Waals surface area contributed by atoms with Gasteiger partial charge in [0.2, 0.25) is 0 Å². The van der Waals surface area contributed by atoms with Crippen molar-refractivity contribution in [1.29, 1.82) is 0 Å². The van der Waals surface area contributed by atoms with Crippen LogP contribution in [0, 0.1) is 0 Å². The van der Waals surface area contributed by atoms with Crippen molar-refractivity contribution in [3.8, 4) is 0 Å². The summed E-state index contributed by atoms with van der Waals surface area (Å²) >= 11 is 3.29. The summed E-state index contributed by atoms with van der Waals surface area (Å²) in [5.74, 6) is 0. The van der Waals surface area contributed by atoms with E-state index < -0.39 is 0 Å². The number of hydrogen-bond donors (Lipinski definition) is 1. The highest BCUT2D eigenvalue weighted by Gasteiger charge is 2.08. The van der Waals surface area contributed by atoms with Crippen LogP contribution in [0.4, 0.5) is 0 Å². The molecular formula is C9H15BrN2O. The predicted molar refractivity (Wildman–Crippen MR) is 57.0 cm³/mol. The highest BCUT2D eigenvalue weighted by molar-refractivity contribution is 9.10. The van der Waals surface area contributed by atoms with Crippen molar-refractivity contribution in [2.24, 2.45) is 0 Å². The molecule has 0 unspecified atom stereocenters. The van der Waals surface area contributed by atoms with Crippen molar-refractivity contribution in [1.82, 2.24) is 9.78 Å². The Balaban J connectivity index is 2.89. The number of rotatable bonds is 4. The van der Waals surface area contributed by atoms with E-state index in [4.69, 9.17) is 0 Å². The largest absolute Gasteiger partial charge is 0.299 e. The molecule has 1 heterocycles. The minimum absolute atomic E-state index is 0.0605. The number of halogens is 1. The fourth-order valence-corrected chi connectivity index (χ4v) is 1.80. The molecule has 0 aliphatic carbocycles. The van der Waals surface area contributed by atoms with Crippen LogP contribution in [0.1, 0.15) is 32.4 Å². The molecule has 0 saturated carbocycles. The van der Waals surface area contributed by atoms with E-state index in [2.05, 4.69) is 28.0 Å². The van der Waals surface area contributed by atoms with Gasteiger partial charge in [-0.1, -0.05) is 20.3 Å². The quantitative estimate of drug-likeness (QED) is 0.870. The number of hydrogen-bond acceptors (Lipinski definition) is 1. The normalized spacial score (nSPS) is 10.7. The minimum Gasteiger partial charge on any atom is -0.299 e. The van der Waals surface area contributed by atoms with Crippen LogP contribution in [0.2, 0.25) is 0 Å². The van der Waals surface area contributed by atoms with Gasteiger partial charge >= 0.3 is 0 Å². The van der Waals surface area contributed by atoms with Crippen molar-refractivity contribution in [2.75, 3.05) is 0 Å². The van der Waals surface area contributed by atoms with Crippen molar-refractivity contribution in [3.05, 3.63) is 20.5 Å². The van der Waals surface area contributed by atoms with Gasteiger partial charge in [-0.15, -0.1) is 0 Å². The van der Waals surface area contributed by atoms with E-state index in [0.717, 1.165) is 31.5 Å². The lowest BCUT2D eigenvalue weighted by atomic mass is 10.3. The third-order valence-electron chi connectivity index (χ3n) is 2.06. The van der Waals surface area contributed by atoms with Crippen LogP contribution in [0.15, 0.2) is 9.27 Å². The van der Waals surface area contributed by atoms with Gasteiger partial charge in [0.05, 0.1) is 5.69 Å². The smallest absolute Gasteiger partial charge is 0.281 e. The maximum Gasteiger partial charge on any atom is 0.281 e. The average Bonchev–Trinajstić information content (AvgIpc) is 2.41. The fraction of sp³-hybridized carbons (Fsp3) is 0.667. The Morgan fingerprint density at radius 1 is 1.46 bits per heavy atom. The standard InChI is InChI=1S/C9H15BrN2O/c1-3-5-6-12-9(13)8(10)7(4-2)11-12/h11H,3-6H2,1-2H3. The molecule has 0 aliphatic rings.